The smallest absolute Gasteiger partial charge is 0.222 e. The molecule has 0 aromatic heterocycles. The van der Waals surface area contributed by atoms with Crippen molar-refractivity contribution < 1.29 is 9.57 Å². The summed E-state index contributed by atoms with van der Waals surface area (Å²) >= 11 is 0. The van der Waals surface area contributed by atoms with E-state index in [-0.39, 0.29) is 0 Å². The summed E-state index contributed by atoms with van der Waals surface area (Å²) in [5.74, 6) is 1.13. The molecule has 3 aromatic carbocycles. The van der Waals surface area contributed by atoms with E-state index in [1.807, 2.05) is 86.6 Å². The molecule has 0 radical (unpaired) electrons. The van der Waals surface area contributed by atoms with E-state index >= 15 is 0 Å². The van der Waals surface area contributed by atoms with Gasteiger partial charge in [-0.2, -0.15) is 0 Å². The van der Waals surface area contributed by atoms with Gasteiger partial charge in [-0.05, 0) is 74.2 Å². The van der Waals surface area contributed by atoms with Crippen molar-refractivity contribution in [3.8, 4) is 5.75 Å². The van der Waals surface area contributed by atoms with Crippen molar-refractivity contribution in [3.63, 3.8) is 0 Å². The Hall–Kier alpha value is -3.66. The number of rotatable bonds is 6. The molecule has 0 bridgehead atoms. The van der Waals surface area contributed by atoms with Crippen LogP contribution in [-0.2, 0) is 4.84 Å². The van der Waals surface area contributed by atoms with Crippen LogP contribution in [0.3, 0.4) is 0 Å². The summed E-state index contributed by atoms with van der Waals surface area (Å²) in [6.45, 7) is 8.06. The molecule has 0 aliphatic heterocycles. The van der Waals surface area contributed by atoms with Crippen molar-refractivity contribution in [2.75, 3.05) is 0 Å². The molecule has 3 aromatic rings. The number of benzene rings is 3. The zero-order valence-electron chi connectivity index (χ0n) is 17.8. The van der Waals surface area contributed by atoms with E-state index < -0.39 is 0 Å². The molecule has 0 saturated heterocycles. The fourth-order valence-electron chi connectivity index (χ4n) is 2.75. The molecular formula is C26H26N2O2. The molecule has 0 amide bonds. The molecule has 0 aliphatic rings. The monoisotopic (exact) mass is 398 g/mol. The Morgan fingerprint density at radius 2 is 1.63 bits per heavy atom. The highest BCUT2D eigenvalue weighted by Gasteiger charge is 2.03. The predicted molar refractivity (Wildman–Crippen MR) is 124 cm³/mol. The number of ether oxygens (including phenoxy) is 1. The molecule has 4 nitrogen and oxygen atoms in total. The Kier molecular flexibility index (Phi) is 7.17. The second kappa shape index (κ2) is 10.2. The zero-order valence-corrected chi connectivity index (χ0v) is 17.8. The van der Waals surface area contributed by atoms with Crippen molar-refractivity contribution in [1.29, 1.82) is 0 Å². The first-order chi connectivity index (χ1) is 14.5. The summed E-state index contributed by atoms with van der Waals surface area (Å²) in [6.07, 6.45) is 3.14. The lowest BCUT2D eigenvalue weighted by Gasteiger charge is -2.07. The van der Waals surface area contributed by atoms with Crippen LogP contribution in [0.1, 0.15) is 29.2 Å². The Morgan fingerprint density at radius 3 is 2.37 bits per heavy atom. The van der Waals surface area contributed by atoms with Crippen molar-refractivity contribution >= 4 is 17.3 Å². The summed E-state index contributed by atoms with van der Waals surface area (Å²) in [5.41, 5.74) is 6.11. The topological polar surface area (TPSA) is 43.2 Å². The number of hydrogen-bond acceptors (Lipinski definition) is 4. The Labute approximate surface area is 178 Å². The zero-order chi connectivity index (χ0) is 21.3. The van der Waals surface area contributed by atoms with Gasteiger partial charge in [0.15, 0.2) is 0 Å². The molecule has 0 atom stereocenters. The molecule has 0 saturated carbocycles. The van der Waals surface area contributed by atoms with Crippen molar-refractivity contribution in [2.24, 2.45) is 10.1 Å². The van der Waals surface area contributed by atoms with Gasteiger partial charge in [0.1, 0.15) is 12.0 Å². The summed E-state index contributed by atoms with van der Waals surface area (Å²) in [7, 11) is 0. The van der Waals surface area contributed by atoms with Gasteiger partial charge in [-0.1, -0.05) is 53.7 Å². The van der Waals surface area contributed by atoms with E-state index in [0.29, 0.717) is 11.6 Å². The maximum atomic E-state index is 6.00. The van der Waals surface area contributed by atoms with E-state index in [0.717, 1.165) is 22.5 Å². The molecule has 3 rings (SSSR count). The van der Waals surface area contributed by atoms with Crippen LogP contribution in [0.15, 0.2) is 95.3 Å². The highest BCUT2D eigenvalue weighted by Crippen LogP contribution is 2.19. The number of hydrogen-bond donors (Lipinski definition) is 0. The second-order valence-corrected chi connectivity index (χ2v) is 7.09. The van der Waals surface area contributed by atoms with Gasteiger partial charge in [-0.3, -0.25) is 0 Å². The molecule has 30 heavy (non-hydrogen) atoms. The van der Waals surface area contributed by atoms with Gasteiger partial charge >= 0.3 is 0 Å². The molecule has 0 aliphatic carbocycles. The lowest BCUT2D eigenvalue weighted by Crippen LogP contribution is -2.05. The van der Waals surface area contributed by atoms with Gasteiger partial charge in [0.25, 0.3) is 0 Å². The molecule has 0 spiro atoms. The number of nitrogens with zero attached hydrogens (tertiary/aromatic N) is 2. The minimum absolute atomic E-state index is 0.413. The Morgan fingerprint density at radius 1 is 0.833 bits per heavy atom. The van der Waals surface area contributed by atoms with Gasteiger partial charge in [0, 0.05) is 6.08 Å². The average Bonchev–Trinajstić information content (AvgIpc) is 2.74. The quantitative estimate of drug-likeness (QED) is 0.201. The molecule has 4 heteroatoms. The fourth-order valence-corrected chi connectivity index (χ4v) is 2.75. The van der Waals surface area contributed by atoms with Crippen LogP contribution in [0.5, 0.6) is 5.75 Å². The number of aliphatic imine (C=N–C) groups is 1. The highest BCUT2D eigenvalue weighted by atomic mass is 16.6. The van der Waals surface area contributed by atoms with Gasteiger partial charge in [-0.25, -0.2) is 4.99 Å². The molecule has 0 fully saturated rings. The number of oxime groups is 1. The minimum atomic E-state index is 0.413. The maximum absolute atomic E-state index is 6.00. The highest BCUT2D eigenvalue weighted by molar-refractivity contribution is 5.98. The standard InChI is InChI=1S/C26H26N2O2/c1-19-9-8-12-25(17-19)30-26(27-24-14-13-20(2)21(3)18-24)15-16-29-28-22(4)23-10-6-5-7-11-23/h5-18H,1-4H3. The first-order valence-corrected chi connectivity index (χ1v) is 9.84. The van der Waals surface area contributed by atoms with Gasteiger partial charge in [0.05, 0.1) is 11.4 Å². The van der Waals surface area contributed by atoms with Crippen LogP contribution >= 0.6 is 0 Å². The predicted octanol–water partition coefficient (Wildman–Crippen LogP) is 6.68. The van der Waals surface area contributed by atoms with Crippen LogP contribution < -0.4 is 4.74 Å². The molecule has 0 unspecified atom stereocenters. The third-order valence-corrected chi connectivity index (χ3v) is 4.59. The lowest BCUT2D eigenvalue weighted by molar-refractivity contribution is 0.268. The average molecular weight is 399 g/mol. The van der Waals surface area contributed by atoms with Crippen LogP contribution in [0.25, 0.3) is 0 Å². The van der Waals surface area contributed by atoms with Crippen molar-refractivity contribution in [3.05, 3.63) is 107 Å². The molecule has 152 valence electrons. The third kappa shape index (κ3) is 6.17. The van der Waals surface area contributed by atoms with Gasteiger partial charge < -0.3 is 9.57 Å². The Balaban J connectivity index is 1.80. The van der Waals surface area contributed by atoms with Crippen LogP contribution in [0.2, 0.25) is 0 Å². The molecule has 0 heterocycles. The first-order valence-electron chi connectivity index (χ1n) is 9.84. The normalized spacial score (nSPS) is 12.3. The van der Waals surface area contributed by atoms with Crippen LogP contribution in [0, 0.1) is 20.8 Å². The maximum Gasteiger partial charge on any atom is 0.222 e. The first kappa shape index (κ1) is 21.1. The van der Waals surface area contributed by atoms with E-state index in [1.165, 1.54) is 17.4 Å². The van der Waals surface area contributed by atoms with Gasteiger partial charge in [0.2, 0.25) is 5.90 Å². The minimum Gasteiger partial charge on any atom is -0.439 e. The number of aryl methyl sites for hydroxylation is 3. The van der Waals surface area contributed by atoms with Crippen LogP contribution in [-0.4, -0.2) is 11.6 Å². The van der Waals surface area contributed by atoms with E-state index in [4.69, 9.17) is 9.57 Å². The largest absolute Gasteiger partial charge is 0.439 e. The fraction of sp³-hybridized carbons (Fsp3) is 0.154. The SMILES string of the molecule is CC(=NOC=CC(=Nc1ccc(C)c(C)c1)Oc1cccc(C)c1)c1ccccc1. The van der Waals surface area contributed by atoms with Gasteiger partial charge in [-0.15, -0.1) is 0 Å². The Bertz CT molecular complexity index is 1080. The van der Waals surface area contributed by atoms with Crippen LogP contribution in [0.4, 0.5) is 5.69 Å². The molecular weight excluding hydrogens is 372 g/mol. The summed E-state index contributed by atoms with van der Waals surface area (Å²) in [6, 6.07) is 23.7. The lowest BCUT2D eigenvalue weighted by atomic mass is 10.1. The summed E-state index contributed by atoms with van der Waals surface area (Å²) in [5, 5.41) is 4.14. The van der Waals surface area contributed by atoms with E-state index in [1.54, 1.807) is 6.08 Å². The van der Waals surface area contributed by atoms with Crippen molar-refractivity contribution in [2.45, 2.75) is 27.7 Å². The van der Waals surface area contributed by atoms with E-state index in [2.05, 4.69) is 24.0 Å². The summed E-state index contributed by atoms with van der Waals surface area (Å²) in [4.78, 5) is 10.0. The second-order valence-electron chi connectivity index (χ2n) is 7.09. The third-order valence-electron chi connectivity index (χ3n) is 4.59. The van der Waals surface area contributed by atoms with Crippen molar-refractivity contribution in [1.82, 2.24) is 0 Å². The summed E-state index contributed by atoms with van der Waals surface area (Å²) < 4.78 is 6.00. The van der Waals surface area contributed by atoms with E-state index in [9.17, 15) is 0 Å². The molecule has 0 N–H and O–H groups in total.